The number of benzene rings is 1. The van der Waals surface area contributed by atoms with Crippen molar-refractivity contribution in [2.75, 3.05) is 33.2 Å². The molecule has 3 heterocycles. The third kappa shape index (κ3) is 2.43. The Morgan fingerprint density at radius 3 is 2.77 bits per heavy atom. The van der Waals surface area contributed by atoms with Crippen LogP contribution in [0.15, 0.2) is 18.2 Å². The highest BCUT2D eigenvalue weighted by atomic mass is 35.5. The number of rotatable bonds is 2. The van der Waals surface area contributed by atoms with Crippen LogP contribution in [0.25, 0.3) is 11.0 Å². The molecule has 0 radical (unpaired) electrons. The maximum Gasteiger partial charge on any atom is 0.123 e. The number of likely N-dealkylation sites (tertiary alicyclic amines) is 2. The van der Waals surface area contributed by atoms with Crippen LogP contribution in [0.1, 0.15) is 18.7 Å². The topological polar surface area (TPSA) is 24.3 Å². The molecule has 0 amide bonds. The predicted molar refractivity (Wildman–Crippen MR) is 90.2 cm³/mol. The summed E-state index contributed by atoms with van der Waals surface area (Å²) in [5, 5.41) is 0.756. The Balaban J connectivity index is 1.53. The summed E-state index contributed by atoms with van der Waals surface area (Å²) in [5.41, 5.74) is 2.69. The van der Waals surface area contributed by atoms with Crippen molar-refractivity contribution in [3.8, 4) is 0 Å². The third-order valence-electron chi connectivity index (χ3n) is 5.45. The first-order valence-electron chi connectivity index (χ1n) is 8.06. The van der Waals surface area contributed by atoms with Gasteiger partial charge in [0.1, 0.15) is 5.82 Å². The van der Waals surface area contributed by atoms with Gasteiger partial charge in [0.2, 0.25) is 0 Å². The highest BCUT2D eigenvalue weighted by molar-refractivity contribution is 6.31. The van der Waals surface area contributed by atoms with Crippen LogP contribution in [0, 0.1) is 5.41 Å². The number of nitrogens with zero attached hydrogens (tertiary/aromatic N) is 4. The van der Waals surface area contributed by atoms with Gasteiger partial charge in [-0.3, -0.25) is 4.90 Å². The van der Waals surface area contributed by atoms with Gasteiger partial charge in [0, 0.05) is 25.2 Å². The van der Waals surface area contributed by atoms with Crippen molar-refractivity contribution >= 4 is 22.6 Å². The van der Waals surface area contributed by atoms with Crippen LogP contribution in [0.3, 0.4) is 0 Å². The maximum absolute atomic E-state index is 6.08. The molecule has 2 fully saturated rings. The molecule has 2 aromatic rings. The van der Waals surface area contributed by atoms with E-state index >= 15 is 0 Å². The molecule has 2 saturated heterocycles. The lowest BCUT2D eigenvalue weighted by atomic mass is 9.86. The molecule has 1 spiro atoms. The standard InChI is InChI=1S/C17H23ClN4/c1-20-7-5-17(11-20)6-8-22(12-17)10-16-19-14-9-13(18)3-4-15(14)21(16)2/h3-4,9H,5-8,10-12H2,1-2H3. The molecule has 5 heteroatoms. The fraction of sp³-hybridized carbons (Fsp3) is 0.588. The lowest BCUT2D eigenvalue weighted by Gasteiger charge is -2.23. The van der Waals surface area contributed by atoms with E-state index < -0.39 is 0 Å². The minimum atomic E-state index is 0.530. The van der Waals surface area contributed by atoms with Crippen LogP contribution in [-0.2, 0) is 13.6 Å². The van der Waals surface area contributed by atoms with E-state index in [0.29, 0.717) is 5.41 Å². The average molecular weight is 319 g/mol. The van der Waals surface area contributed by atoms with Crippen molar-refractivity contribution in [3.05, 3.63) is 29.0 Å². The Labute approximate surface area is 136 Å². The Morgan fingerprint density at radius 2 is 2.00 bits per heavy atom. The van der Waals surface area contributed by atoms with Crippen molar-refractivity contribution in [2.24, 2.45) is 12.5 Å². The lowest BCUT2D eigenvalue weighted by molar-refractivity contribution is 0.246. The van der Waals surface area contributed by atoms with E-state index in [-0.39, 0.29) is 0 Å². The van der Waals surface area contributed by atoms with Crippen molar-refractivity contribution in [2.45, 2.75) is 19.4 Å². The summed E-state index contributed by atoms with van der Waals surface area (Å²) in [6.45, 7) is 5.84. The number of halogens is 1. The first-order chi connectivity index (χ1) is 10.5. The second kappa shape index (κ2) is 5.22. The summed E-state index contributed by atoms with van der Waals surface area (Å²) in [4.78, 5) is 9.84. The van der Waals surface area contributed by atoms with Gasteiger partial charge in [0.25, 0.3) is 0 Å². The summed E-state index contributed by atoms with van der Waals surface area (Å²) >= 11 is 6.08. The molecule has 2 aliphatic heterocycles. The highest BCUT2D eigenvalue weighted by Gasteiger charge is 2.42. The van der Waals surface area contributed by atoms with E-state index in [0.717, 1.165) is 28.4 Å². The van der Waals surface area contributed by atoms with E-state index in [1.165, 1.54) is 39.0 Å². The van der Waals surface area contributed by atoms with Crippen LogP contribution in [-0.4, -0.2) is 52.6 Å². The van der Waals surface area contributed by atoms with Crippen LogP contribution < -0.4 is 0 Å². The van der Waals surface area contributed by atoms with Gasteiger partial charge in [0.05, 0.1) is 17.6 Å². The Bertz CT molecular complexity index is 710. The molecule has 1 aromatic heterocycles. The van der Waals surface area contributed by atoms with Gasteiger partial charge in [0.15, 0.2) is 0 Å². The summed E-state index contributed by atoms with van der Waals surface area (Å²) < 4.78 is 2.21. The maximum atomic E-state index is 6.08. The largest absolute Gasteiger partial charge is 0.330 e. The van der Waals surface area contributed by atoms with Crippen LogP contribution in [0.4, 0.5) is 0 Å². The second-order valence-electron chi connectivity index (χ2n) is 7.17. The van der Waals surface area contributed by atoms with E-state index in [2.05, 4.69) is 34.5 Å². The van der Waals surface area contributed by atoms with Gasteiger partial charge < -0.3 is 9.47 Å². The molecule has 0 bridgehead atoms. The Kier molecular flexibility index (Phi) is 3.44. The first-order valence-corrected chi connectivity index (χ1v) is 8.44. The molecule has 4 rings (SSSR count). The summed E-state index contributed by atoms with van der Waals surface area (Å²) in [6, 6.07) is 5.96. The van der Waals surface area contributed by atoms with Crippen molar-refractivity contribution in [3.63, 3.8) is 0 Å². The molecular weight excluding hydrogens is 296 g/mol. The SMILES string of the molecule is CN1CCC2(CCN(Cc3nc4cc(Cl)ccc4n3C)C2)C1. The molecule has 0 aliphatic carbocycles. The zero-order chi connectivity index (χ0) is 15.3. The smallest absolute Gasteiger partial charge is 0.123 e. The summed E-state index contributed by atoms with van der Waals surface area (Å²) in [5.74, 6) is 1.14. The normalized spacial score (nSPS) is 26.7. The van der Waals surface area contributed by atoms with E-state index in [1.54, 1.807) is 0 Å². The zero-order valence-electron chi connectivity index (χ0n) is 13.3. The van der Waals surface area contributed by atoms with Gasteiger partial charge in [-0.2, -0.15) is 0 Å². The van der Waals surface area contributed by atoms with Crippen molar-refractivity contribution in [1.29, 1.82) is 0 Å². The fourth-order valence-corrected chi connectivity index (χ4v) is 4.39. The number of imidazole rings is 1. The van der Waals surface area contributed by atoms with E-state index in [1.807, 2.05) is 12.1 Å². The minimum absolute atomic E-state index is 0.530. The molecule has 0 saturated carbocycles. The molecular formula is C17H23ClN4. The molecule has 22 heavy (non-hydrogen) atoms. The molecule has 0 N–H and O–H groups in total. The molecule has 4 nitrogen and oxygen atoms in total. The average Bonchev–Trinajstić information content (AvgIpc) is 3.12. The molecule has 1 atom stereocenters. The van der Waals surface area contributed by atoms with Gasteiger partial charge >= 0.3 is 0 Å². The van der Waals surface area contributed by atoms with Gasteiger partial charge in [-0.15, -0.1) is 0 Å². The quantitative estimate of drug-likeness (QED) is 0.851. The van der Waals surface area contributed by atoms with Crippen LogP contribution in [0.2, 0.25) is 5.02 Å². The van der Waals surface area contributed by atoms with Crippen molar-refractivity contribution in [1.82, 2.24) is 19.4 Å². The summed E-state index contributed by atoms with van der Waals surface area (Å²) in [7, 11) is 4.35. The minimum Gasteiger partial charge on any atom is -0.330 e. The fourth-order valence-electron chi connectivity index (χ4n) is 4.22. The van der Waals surface area contributed by atoms with E-state index in [9.17, 15) is 0 Å². The van der Waals surface area contributed by atoms with Crippen LogP contribution in [0.5, 0.6) is 0 Å². The highest BCUT2D eigenvalue weighted by Crippen LogP contribution is 2.39. The first kappa shape index (κ1) is 14.5. The molecule has 1 aromatic carbocycles. The van der Waals surface area contributed by atoms with E-state index in [4.69, 9.17) is 16.6 Å². The number of fused-ring (bicyclic) bond motifs is 1. The predicted octanol–water partition coefficient (Wildman–Crippen LogP) is 2.75. The second-order valence-corrected chi connectivity index (χ2v) is 7.60. The number of hydrogen-bond donors (Lipinski definition) is 0. The Hall–Kier alpha value is -1.10. The van der Waals surface area contributed by atoms with Gasteiger partial charge in [-0.1, -0.05) is 11.6 Å². The molecule has 1 unspecified atom stereocenters. The summed E-state index contributed by atoms with van der Waals surface area (Å²) in [6.07, 6.45) is 2.67. The lowest BCUT2D eigenvalue weighted by Crippen LogP contribution is -2.30. The molecule has 2 aliphatic rings. The molecule has 118 valence electrons. The number of aromatic nitrogens is 2. The Morgan fingerprint density at radius 1 is 1.18 bits per heavy atom. The number of hydrogen-bond acceptors (Lipinski definition) is 3. The van der Waals surface area contributed by atoms with Gasteiger partial charge in [-0.05, 0) is 56.6 Å². The number of aryl methyl sites for hydroxylation is 1. The monoisotopic (exact) mass is 318 g/mol. The third-order valence-corrected chi connectivity index (χ3v) is 5.68. The zero-order valence-corrected chi connectivity index (χ0v) is 14.1. The van der Waals surface area contributed by atoms with Crippen molar-refractivity contribution < 1.29 is 0 Å². The van der Waals surface area contributed by atoms with Crippen LogP contribution >= 0.6 is 11.6 Å². The van der Waals surface area contributed by atoms with Gasteiger partial charge in [-0.25, -0.2) is 4.98 Å².